The minimum absolute atomic E-state index is 0.413. The van der Waals surface area contributed by atoms with E-state index >= 15 is 0 Å². The van der Waals surface area contributed by atoms with E-state index in [2.05, 4.69) is 39.6 Å². The molecule has 0 radical (unpaired) electrons. The van der Waals surface area contributed by atoms with Crippen LogP contribution < -0.4 is 0 Å². The van der Waals surface area contributed by atoms with Crippen LogP contribution in [0.3, 0.4) is 0 Å². The Balaban J connectivity index is 1.83. The summed E-state index contributed by atoms with van der Waals surface area (Å²) in [5.41, 5.74) is 0. The average Bonchev–Trinajstić information content (AvgIpc) is 2.70. The molecule has 0 N–H and O–H groups in total. The molecule has 0 aliphatic carbocycles. The van der Waals surface area contributed by atoms with Gasteiger partial charge in [0.2, 0.25) is 0 Å². The maximum atomic E-state index is 5.90. The number of likely N-dealkylation sites (tertiary alicyclic amines) is 1. The highest BCUT2D eigenvalue weighted by molar-refractivity contribution is 9.09. The second-order valence-electron chi connectivity index (χ2n) is 5.37. The lowest BCUT2D eigenvalue weighted by Crippen LogP contribution is -2.49. The SMILES string of the molecule is CCN1CCOC(CN2CCC(C)C2CBr)C1. The first-order valence-electron chi connectivity index (χ1n) is 6.88. The van der Waals surface area contributed by atoms with Crippen molar-refractivity contribution in [2.45, 2.75) is 32.4 Å². The number of halogens is 1. The van der Waals surface area contributed by atoms with Crippen molar-refractivity contribution < 1.29 is 4.74 Å². The van der Waals surface area contributed by atoms with E-state index in [0.29, 0.717) is 12.1 Å². The van der Waals surface area contributed by atoms with Gasteiger partial charge in [-0.1, -0.05) is 29.8 Å². The Morgan fingerprint density at radius 2 is 2.18 bits per heavy atom. The van der Waals surface area contributed by atoms with Crippen molar-refractivity contribution in [3.8, 4) is 0 Å². The number of morpholine rings is 1. The zero-order valence-corrected chi connectivity index (χ0v) is 12.7. The molecule has 2 rings (SSSR count). The second kappa shape index (κ2) is 6.50. The van der Waals surface area contributed by atoms with Gasteiger partial charge in [-0.3, -0.25) is 9.80 Å². The summed E-state index contributed by atoms with van der Waals surface area (Å²) in [5.74, 6) is 0.820. The molecule has 3 atom stereocenters. The summed E-state index contributed by atoms with van der Waals surface area (Å²) in [7, 11) is 0. The molecule has 0 bridgehead atoms. The van der Waals surface area contributed by atoms with Gasteiger partial charge in [0.15, 0.2) is 0 Å². The van der Waals surface area contributed by atoms with Gasteiger partial charge in [0, 0.05) is 31.0 Å². The standard InChI is InChI=1S/C13H25BrN2O/c1-3-15-6-7-17-12(9-15)10-16-5-4-11(2)13(16)8-14/h11-13H,3-10H2,1-2H3. The molecule has 0 aromatic rings. The quantitative estimate of drug-likeness (QED) is 0.737. The summed E-state index contributed by atoms with van der Waals surface area (Å²) in [6.45, 7) is 11.2. The van der Waals surface area contributed by atoms with Crippen LogP contribution >= 0.6 is 15.9 Å². The van der Waals surface area contributed by atoms with Crippen LogP contribution in [0.15, 0.2) is 0 Å². The fourth-order valence-corrected chi connectivity index (χ4v) is 4.05. The van der Waals surface area contributed by atoms with Crippen molar-refractivity contribution >= 4 is 15.9 Å². The molecule has 0 saturated carbocycles. The van der Waals surface area contributed by atoms with Gasteiger partial charge in [-0.15, -0.1) is 0 Å². The minimum atomic E-state index is 0.413. The number of nitrogens with zero attached hydrogens (tertiary/aromatic N) is 2. The molecule has 4 heteroatoms. The predicted octanol–water partition coefficient (Wildman–Crippen LogP) is 1.81. The van der Waals surface area contributed by atoms with E-state index in [1.165, 1.54) is 13.0 Å². The van der Waals surface area contributed by atoms with Gasteiger partial charge in [0.1, 0.15) is 0 Å². The van der Waals surface area contributed by atoms with Crippen LogP contribution in [0, 0.1) is 5.92 Å². The van der Waals surface area contributed by atoms with Gasteiger partial charge in [-0.05, 0) is 25.4 Å². The number of likely N-dealkylation sites (N-methyl/N-ethyl adjacent to an activating group) is 1. The molecule has 0 aromatic carbocycles. The van der Waals surface area contributed by atoms with Crippen LogP contribution in [-0.2, 0) is 4.74 Å². The molecule has 3 unspecified atom stereocenters. The van der Waals surface area contributed by atoms with Gasteiger partial charge >= 0.3 is 0 Å². The van der Waals surface area contributed by atoms with Crippen LogP contribution in [0.4, 0.5) is 0 Å². The predicted molar refractivity (Wildman–Crippen MR) is 74.8 cm³/mol. The third kappa shape index (κ3) is 3.43. The third-order valence-electron chi connectivity index (χ3n) is 4.26. The van der Waals surface area contributed by atoms with E-state index in [0.717, 1.165) is 44.0 Å². The van der Waals surface area contributed by atoms with Crippen molar-refractivity contribution in [1.29, 1.82) is 0 Å². The van der Waals surface area contributed by atoms with E-state index in [1.54, 1.807) is 0 Å². The van der Waals surface area contributed by atoms with E-state index in [4.69, 9.17) is 4.74 Å². The van der Waals surface area contributed by atoms with E-state index < -0.39 is 0 Å². The molecule has 2 aliphatic rings. The smallest absolute Gasteiger partial charge is 0.0829 e. The van der Waals surface area contributed by atoms with Crippen molar-refractivity contribution in [1.82, 2.24) is 9.80 Å². The molecule has 2 fully saturated rings. The lowest BCUT2D eigenvalue weighted by Gasteiger charge is -2.36. The Bertz CT molecular complexity index is 239. The normalized spacial score (nSPS) is 36.5. The minimum Gasteiger partial charge on any atom is -0.374 e. The fraction of sp³-hybridized carbons (Fsp3) is 1.00. The first kappa shape index (κ1) is 13.8. The highest BCUT2D eigenvalue weighted by atomic mass is 79.9. The molecule has 100 valence electrons. The fourth-order valence-electron chi connectivity index (χ4n) is 3.00. The Labute approximate surface area is 114 Å². The highest BCUT2D eigenvalue weighted by Crippen LogP contribution is 2.26. The lowest BCUT2D eigenvalue weighted by molar-refractivity contribution is -0.0430. The summed E-state index contributed by atoms with van der Waals surface area (Å²) in [5, 5.41) is 1.10. The van der Waals surface area contributed by atoms with Gasteiger partial charge in [0.05, 0.1) is 12.7 Å². The number of ether oxygens (including phenoxy) is 1. The summed E-state index contributed by atoms with van der Waals surface area (Å²) in [6.07, 6.45) is 1.75. The number of rotatable bonds is 4. The van der Waals surface area contributed by atoms with Crippen LogP contribution in [0.1, 0.15) is 20.3 Å². The molecular formula is C13H25BrN2O. The summed E-state index contributed by atoms with van der Waals surface area (Å²) < 4.78 is 5.90. The van der Waals surface area contributed by atoms with E-state index in [9.17, 15) is 0 Å². The number of hydrogen-bond acceptors (Lipinski definition) is 3. The van der Waals surface area contributed by atoms with Crippen LogP contribution in [-0.4, -0.2) is 66.6 Å². The highest BCUT2D eigenvalue weighted by Gasteiger charge is 2.32. The molecule has 2 heterocycles. The maximum Gasteiger partial charge on any atom is 0.0829 e. The molecule has 0 amide bonds. The molecule has 2 aliphatic heterocycles. The Morgan fingerprint density at radius 3 is 2.88 bits per heavy atom. The van der Waals surface area contributed by atoms with E-state index in [-0.39, 0.29) is 0 Å². The number of alkyl halides is 1. The Morgan fingerprint density at radius 1 is 1.35 bits per heavy atom. The van der Waals surface area contributed by atoms with Crippen LogP contribution in [0.2, 0.25) is 0 Å². The lowest BCUT2D eigenvalue weighted by atomic mass is 10.1. The zero-order chi connectivity index (χ0) is 12.3. The topological polar surface area (TPSA) is 15.7 Å². The first-order chi connectivity index (χ1) is 8.24. The van der Waals surface area contributed by atoms with Crippen LogP contribution in [0.5, 0.6) is 0 Å². The summed E-state index contributed by atoms with van der Waals surface area (Å²) in [6, 6.07) is 0.704. The first-order valence-corrected chi connectivity index (χ1v) is 8.00. The van der Waals surface area contributed by atoms with Gasteiger partial charge < -0.3 is 4.74 Å². The maximum absolute atomic E-state index is 5.90. The van der Waals surface area contributed by atoms with Crippen molar-refractivity contribution in [2.24, 2.45) is 5.92 Å². The number of hydrogen-bond donors (Lipinski definition) is 0. The van der Waals surface area contributed by atoms with Gasteiger partial charge in [-0.25, -0.2) is 0 Å². The third-order valence-corrected chi connectivity index (χ3v) is 4.93. The monoisotopic (exact) mass is 304 g/mol. The average molecular weight is 305 g/mol. The zero-order valence-electron chi connectivity index (χ0n) is 11.1. The molecule has 0 spiro atoms. The summed E-state index contributed by atoms with van der Waals surface area (Å²) in [4.78, 5) is 5.11. The molecule has 0 aromatic heterocycles. The molecule has 3 nitrogen and oxygen atoms in total. The van der Waals surface area contributed by atoms with Crippen LogP contribution in [0.25, 0.3) is 0 Å². The van der Waals surface area contributed by atoms with Crippen molar-refractivity contribution in [2.75, 3.05) is 44.7 Å². The second-order valence-corrected chi connectivity index (χ2v) is 6.02. The summed E-state index contributed by atoms with van der Waals surface area (Å²) >= 11 is 3.65. The largest absolute Gasteiger partial charge is 0.374 e. The Kier molecular flexibility index (Phi) is 5.27. The van der Waals surface area contributed by atoms with Gasteiger partial charge in [0.25, 0.3) is 0 Å². The molecule has 2 saturated heterocycles. The van der Waals surface area contributed by atoms with Gasteiger partial charge in [-0.2, -0.15) is 0 Å². The Hall–Kier alpha value is 0.360. The molecular weight excluding hydrogens is 280 g/mol. The van der Waals surface area contributed by atoms with Crippen molar-refractivity contribution in [3.05, 3.63) is 0 Å². The molecule has 17 heavy (non-hydrogen) atoms. The van der Waals surface area contributed by atoms with E-state index in [1.807, 2.05) is 0 Å². The van der Waals surface area contributed by atoms with Crippen molar-refractivity contribution in [3.63, 3.8) is 0 Å².